The van der Waals surface area contributed by atoms with Gasteiger partial charge < -0.3 is 10.1 Å². The van der Waals surface area contributed by atoms with E-state index in [1.54, 1.807) is 6.92 Å². The molecule has 1 N–H and O–H groups in total. The van der Waals surface area contributed by atoms with Crippen molar-refractivity contribution in [2.24, 2.45) is 11.8 Å². The Balaban J connectivity index is 1.84. The van der Waals surface area contributed by atoms with Gasteiger partial charge in [-0.1, -0.05) is 12.2 Å². The number of allylic oxidation sites excluding steroid dienone is 2. The number of rotatable bonds is 6. The van der Waals surface area contributed by atoms with E-state index in [-0.39, 0.29) is 42.5 Å². The van der Waals surface area contributed by atoms with Crippen LogP contribution in [0.5, 0.6) is 0 Å². The van der Waals surface area contributed by atoms with Crippen LogP contribution in [-0.2, 0) is 23.9 Å². The van der Waals surface area contributed by atoms with Gasteiger partial charge in [-0.2, -0.15) is 0 Å². The Labute approximate surface area is 135 Å². The van der Waals surface area contributed by atoms with Crippen LogP contribution in [0.2, 0.25) is 0 Å². The molecule has 126 valence electrons. The molecule has 0 spiro atoms. The molecule has 0 aromatic heterocycles. The Kier molecular flexibility index (Phi) is 5.52. The van der Waals surface area contributed by atoms with Gasteiger partial charge in [0.25, 0.3) is 5.91 Å². The van der Waals surface area contributed by atoms with Crippen LogP contribution in [-0.4, -0.2) is 47.8 Å². The maximum Gasteiger partial charge on any atom is 0.308 e. The fourth-order valence-corrected chi connectivity index (χ4v) is 2.92. The smallest absolute Gasteiger partial charge is 0.308 e. The van der Waals surface area contributed by atoms with Crippen molar-refractivity contribution in [3.63, 3.8) is 0 Å². The molecule has 1 aliphatic carbocycles. The molecule has 7 nitrogen and oxygen atoms in total. The first kappa shape index (κ1) is 17.2. The predicted molar refractivity (Wildman–Crippen MR) is 80.9 cm³/mol. The molecule has 0 aromatic rings. The molecule has 1 heterocycles. The molecule has 1 aliphatic heterocycles. The zero-order valence-corrected chi connectivity index (χ0v) is 13.4. The lowest BCUT2D eigenvalue weighted by Crippen LogP contribution is -2.37. The topological polar surface area (TPSA) is 92.8 Å². The summed E-state index contributed by atoms with van der Waals surface area (Å²) in [6, 6.07) is 0. The van der Waals surface area contributed by atoms with E-state index in [0.29, 0.717) is 19.4 Å². The Hall–Kier alpha value is -2.18. The zero-order valence-electron chi connectivity index (χ0n) is 13.4. The fourth-order valence-electron chi connectivity index (χ4n) is 2.92. The minimum Gasteiger partial charge on any atom is -0.452 e. The lowest BCUT2D eigenvalue weighted by atomic mass is 9.85. The van der Waals surface area contributed by atoms with Crippen molar-refractivity contribution >= 4 is 23.7 Å². The van der Waals surface area contributed by atoms with Gasteiger partial charge in [0.15, 0.2) is 6.10 Å². The largest absolute Gasteiger partial charge is 0.452 e. The van der Waals surface area contributed by atoms with Crippen LogP contribution in [0.4, 0.5) is 0 Å². The second-order valence-corrected chi connectivity index (χ2v) is 5.76. The van der Waals surface area contributed by atoms with E-state index in [9.17, 15) is 19.2 Å². The van der Waals surface area contributed by atoms with E-state index >= 15 is 0 Å². The summed E-state index contributed by atoms with van der Waals surface area (Å²) in [7, 11) is 0. The highest BCUT2D eigenvalue weighted by Gasteiger charge is 2.46. The standard InChI is InChI=1S/C16H22N2O5/c1-3-17-14(20)10(2)23-13(19)8-9-18-15(21)11-6-4-5-7-12(11)16(18)22/h4-5,10-12H,3,6-9H2,1-2H3,(H,17,20)/t10-,11-,12-/m0/s1. The van der Waals surface area contributed by atoms with Crippen LogP contribution in [0.15, 0.2) is 12.2 Å². The molecule has 23 heavy (non-hydrogen) atoms. The number of esters is 1. The molecule has 0 unspecified atom stereocenters. The SMILES string of the molecule is CCNC(=O)[C@H](C)OC(=O)CCN1C(=O)[C@H]2CC=CC[C@@H]2C1=O. The third-order valence-electron chi connectivity index (χ3n) is 4.17. The van der Waals surface area contributed by atoms with Crippen LogP contribution in [0.25, 0.3) is 0 Å². The van der Waals surface area contributed by atoms with Crippen LogP contribution in [0.3, 0.4) is 0 Å². The second kappa shape index (κ2) is 7.39. The minimum atomic E-state index is -0.890. The van der Waals surface area contributed by atoms with Gasteiger partial charge in [0.05, 0.1) is 18.3 Å². The number of amides is 3. The lowest BCUT2D eigenvalue weighted by molar-refractivity contribution is -0.155. The first-order chi connectivity index (χ1) is 11.0. The van der Waals surface area contributed by atoms with E-state index in [0.717, 1.165) is 4.90 Å². The monoisotopic (exact) mass is 322 g/mol. The van der Waals surface area contributed by atoms with Gasteiger partial charge >= 0.3 is 5.97 Å². The normalized spacial score (nSPS) is 24.3. The van der Waals surface area contributed by atoms with Crippen LogP contribution in [0.1, 0.15) is 33.1 Å². The number of nitrogens with one attached hydrogen (secondary N) is 1. The van der Waals surface area contributed by atoms with E-state index in [1.165, 1.54) is 6.92 Å². The van der Waals surface area contributed by atoms with Crippen molar-refractivity contribution in [2.75, 3.05) is 13.1 Å². The Bertz CT molecular complexity index is 517. The summed E-state index contributed by atoms with van der Waals surface area (Å²) < 4.78 is 5.00. The maximum atomic E-state index is 12.2. The van der Waals surface area contributed by atoms with Gasteiger partial charge in [0, 0.05) is 13.1 Å². The highest BCUT2D eigenvalue weighted by molar-refractivity contribution is 6.05. The Morgan fingerprint density at radius 2 is 1.83 bits per heavy atom. The number of fused-ring (bicyclic) bond motifs is 1. The molecule has 7 heteroatoms. The summed E-state index contributed by atoms with van der Waals surface area (Å²) in [4.78, 5) is 48.9. The molecule has 0 saturated carbocycles. The number of nitrogens with zero attached hydrogens (tertiary/aromatic N) is 1. The van der Waals surface area contributed by atoms with Crippen molar-refractivity contribution in [1.29, 1.82) is 0 Å². The Morgan fingerprint density at radius 3 is 2.35 bits per heavy atom. The highest BCUT2D eigenvalue weighted by Crippen LogP contribution is 2.34. The third kappa shape index (κ3) is 3.78. The molecule has 0 radical (unpaired) electrons. The second-order valence-electron chi connectivity index (χ2n) is 5.76. The Morgan fingerprint density at radius 1 is 1.26 bits per heavy atom. The molecule has 1 saturated heterocycles. The molecule has 3 atom stereocenters. The van der Waals surface area contributed by atoms with Crippen LogP contribution >= 0.6 is 0 Å². The summed E-state index contributed by atoms with van der Waals surface area (Å²) in [5, 5.41) is 2.55. The fraction of sp³-hybridized carbons (Fsp3) is 0.625. The summed E-state index contributed by atoms with van der Waals surface area (Å²) in [5.41, 5.74) is 0. The summed E-state index contributed by atoms with van der Waals surface area (Å²) in [5.74, 6) is -1.98. The number of carbonyl (C=O) groups excluding carboxylic acids is 4. The van der Waals surface area contributed by atoms with Gasteiger partial charge in [-0.25, -0.2) is 0 Å². The van der Waals surface area contributed by atoms with Crippen molar-refractivity contribution in [3.8, 4) is 0 Å². The quantitative estimate of drug-likeness (QED) is 0.434. The van der Waals surface area contributed by atoms with Crippen molar-refractivity contribution in [1.82, 2.24) is 10.2 Å². The molecular formula is C16H22N2O5. The summed E-state index contributed by atoms with van der Waals surface area (Å²) in [6.07, 6.45) is 3.98. The number of carbonyl (C=O) groups is 4. The maximum absolute atomic E-state index is 12.2. The van der Waals surface area contributed by atoms with Crippen LogP contribution < -0.4 is 5.32 Å². The van der Waals surface area contributed by atoms with E-state index in [2.05, 4.69) is 5.32 Å². The first-order valence-corrected chi connectivity index (χ1v) is 7.93. The third-order valence-corrected chi connectivity index (χ3v) is 4.17. The van der Waals surface area contributed by atoms with Gasteiger partial charge in [-0.15, -0.1) is 0 Å². The minimum absolute atomic E-state index is 0.00557. The summed E-state index contributed by atoms with van der Waals surface area (Å²) in [6.45, 7) is 3.71. The van der Waals surface area contributed by atoms with Crippen molar-refractivity contribution in [3.05, 3.63) is 12.2 Å². The number of likely N-dealkylation sites (N-methyl/N-ethyl adjacent to an activating group) is 1. The van der Waals surface area contributed by atoms with Gasteiger partial charge in [-0.3, -0.25) is 24.1 Å². The molecule has 1 fully saturated rings. The molecule has 0 bridgehead atoms. The molecule has 3 amide bonds. The summed E-state index contributed by atoms with van der Waals surface area (Å²) >= 11 is 0. The van der Waals surface area contributed by atoms with Crippen molar-refractivity contribution < 1.29 is 23.9 Å². The highest BCUT2D eigenvalue weighted by atomic mass is 16.5. The molecule has 0 aromatic carbocycles. The lowest BCUT2D eigenvalue weighted by Gasteiger charge is -2.16. The van der Waals surface area contributed by atoms with Crippen LogP contribution in [0, 0.1) is 11.8 Å². The number of likely N-dealkylation sites (tertiary alicyclic amines) is 1. The first-order valence-electron chi connectivity index (χ1n) is 7.93. The number of hydrogen-bond donors (Lipinski definition) is 1. The van der Waals surface area contributed by atoms with Gasteiger partial charge in [0.1, 0.15) is 0 Å². The van der Waals surface area contributed by atoms with Gasteiger partial charge in [-0.05, 0) is 26.7 Å². The van der Waals surface area contributed by atoms with Crippen molar-refractivity contribution in [2.45, 2.75) is 39.2 Å². The molecule has 2 aliphatic rings. The van der Waals surface area contributed by atoms with E-state index < -0.39 is 12.1 Å². The average Bonchev–Trinajstić information content (AvgIpc) is 2.77. The molecular weight excluding hydrogens is 300 g/mol. The number of imide groups is 1. The average molecular weight is 322 g/mol. The zero-order chi connectivity index (χ0) is 17.0. The number of hydrogen-bond acceptors (Lipinski definition) is 5. The van der Waals surface area contributed by atoms with E-state index in [1.807, 2.05) is 12.2 Å². The van der Waals surface area contributed by atoms with E-state index in [4.69, 9.17) is 4.74 Å². The number of ether oxygens (including phenoxy) is 1. The molecule has 2 rings (SSSR count). The predicted octanol–water partition coefficient (Wildman–Crippen LogP) is 0.395. The van der Waals surface area contributed by atoms with Gasteiger partial charge in [0.2, 0.25) is 11.8 Å².